The van der Waals surface area contributed by atoms with E-state index in [0.717, 1.165) is 55.1 Å². The van der Waals surface area contributed by atoms with Gasteiger partial charge in [-0.05, 0) is 37.3 Å². The van der Waals surface area contributed by atoms with Crippen molar-refractivity contribution in [1.29, 1.82) is 0 Å². The minimum absolute atomic E-state index is 0.0525. The molecule has 9 nitrogen and oxygen atoms in total. The van der Waals surface area contributed by atoms with Crippen LogP contribution in [0.15, 0.2) is 35.7 Å². The molecule has 0 bridgehead atoms. The SMILES string of the molecule is CCNC(=NCc1ccc(N2CCC(C)CC2)nc1)N1CCN(c2cnn(C)c2)C(=O)C1. The average molecular weight is 439 g/mol. The van der Waals surface area contributed by atoms with Crippen molar-refractivity contribution in [2.75, 3.05) is 49.1 Å². The molecule has 0 saturated carbocycles. The Morgan fingerprint density at radius 1 is 1.19 bits per heavy atom. The van der Waals surface area contributed by atoms with Gasteiger partial charge in [0.25, 0.3) is 0 Å². The van der Waals surface area contributed by atoms with E-state index in [4.69, 9.17) is 4.99 Å². The van der Waals surface area contributed by atoms with Crippen molar-refractivity contribution in [2.45, 2.75) is 33.2 Å². The Balaban J connectivity index is 1.37. The Kier molecular flexibility index (Phi) is 6.92. The molecule has 1 N–H and O–H groups in total. The van der Waals surface area contributed by atoms with Crippen LogP contribution in [0.2, 0.25) is 0 Å². The highest BCUT2D eigenvalue weighted by Crippen LogP contribution is 2.21. The molecule has 2 saturated heterocycles. The Bertz CT molecular complexity index is 930. The van der Waals surface area contributed by atoms with Crippen molar-refractivity contribution >= 4 is 23.4 Å². The fourth-order valence-electron chi connectivity index (χ4n) is 4.20. The van der Waals surface area contributed by atoms with Gasteiger partial charge >= 0.3 is 0 Å². The standard InChI is InChI=1S/C23H34N8O/c1-4-24-23(30-11-12-31(22(32)17-30)20-15-27-28(3)16-20)26-14-19-5-6-21(25-13-19)29-9-7-18(2)8-10-29/h5-6,13,15-16,18H,4,7-12,14,17H2,1-3H3,(H,24,26). The number of anilines is 2. The second kappa shape index (κ2) is 10.0. The lowest BCUT2D eigenvalue weighted by Crippen LogP contribution is -2.55. The zero-order chi connectivity index (χ0) is 22.5. The molecule has 0 radical (unpaired) electrons. The number of rotatable bonds is 5. The number of piperazine rings is 1. The third kappa shape index (κ3) is 5.20. The molecule has 0 spiro atoms. The summed E-state index contributed by atoms with van der Waals surface area (Å²) in [6.07, 6.45) is 7.98. The molecule has 9 heteroatoms. The average Bonchev–Trinajstić information content (AvgIpc) is 3.23. The molecule has 1 amide bonds. The molecular formula is C23H34N8O. The van der Waals surface area contributed by atoms with Gasteiger partial charge in [0.15, 0.2) is 5.96 Å². The van der Waals surface area contributed by atoms with Crippen LogP contribution in [-0.4, -0.2) is 70.8 Å². The summed E-state index contributed by atoms with van der Waals surface area (Å²) >= 11 is 0. The number of nitrogens with one attached hydrogen (secondary N) is 1. The maximum absolute atomic E-state index is 12.8. The first-order valence-electron chi connectivity index (χ1n) is 11.6. The van der Waals surface area contributed by atoms with E-state index in [-0.39, 0.29) is 5.91 Å². The van der Waals surface area contributed by atoms with Gasteiger partial charge in [-0.25, -0.2) is 9.98 Å². The molecule has 32 heavy (non-hydrogen) atoms. The number of nitrogens with zero attached hydrogens (tertiary/aromatic N) is 7. The molecule has 2 aliphatic rings. The van der Waals surface area contributed by atoms with Gasteiger partial charge in [-0.1, -0.05) is 13.0 Å². The molecule has 0 aliphatic carbocycles. The Morgan fingerprint density at radius 3 is 2.62 bits per heavy atom. The lowest BCUT2D eigenvalue weighted by atomic mass is 9.99. The minimum atomic E-state index is 0.0525. The summed E-state index contributed by atoms with van der Waals surface area (Å²) in [4.78, 5) is 28.4. The quantitative estimate of drug-likeness (QED) is 0.567. The van der Waals surface area contributed by atoms with E-state index < -0.39 is 0 Å². The van der Waals surface area contributed by atoms with Gasteiger partial charge < -0.3 is 20.0 Å². The molecule has 0 unspecified atom stereocenters. The van der Waals surface area contributed by atoms with Gasteiger partial charge in [0.1, 0.15) is 12.4 Å². The van der Waals surface area contributed by atoms with Gasteiger partial charge in [-0.2, -0.15) is 5.10 Å². The Labute approximate surface area is 190 Å². The highest BCUT2D eigenvalue weighted by Gasteiger charge is 2.27. The Morgan fingerprint density at radius 2 is 2.00 bits per heavy atom. The normalized spacial score (nSPS) is 18.4. The second-order valence-electron chi connectivity index (χ2n) is 8.70. The number of aryl methyl sites for hydroxylation is 1. The number of amides is 1. The number of aliphatic imine (C=N–C) groups is 1. The van der Waals surface area contributed by atoms with E-state index in [0.29, 0.717) is 19.6 Å². The molecule has 172 valence electrons. The van der Waals surface area contributed by atoms with E-state index in [2.05, 4.69) is 39.4 Å². The summed E-state index contributed by atoms with van der Waals surface area (Å²) in [5, 5.41) is 7.51. The lowest BCUT2D eigenvalue weighted by Gasteiger charge is -2.35. The van der Waals surface area contributed by atoms with Gasteiger partial charge in [0, 0.05) is 52.2 Å². The van der Waals surface area contributed by atoms with Gasteiger partial charge in [0.2, 0.25) is 5.91 Å². The second-order valence-corrected chi connectivity index (χ2v) is 8.70. The van der Waals surface area contributed by atoms with Crippen LogP contribution < -0.4 is 15.1 Å². The number of guanidine groups is 1. The molecule has 2 aromatic heterocycles. The van der Waals surface area contributed by atoms with Crippen LogP contribution in [0.5, 0.6) is 0 Å². The number of pyridine rings is 1. The van der Waals surface area contributed by atoms with Crippen molar-refractivity contribution in [3.8, 4) is 0 Å². The predicted octanol–water partition coefficient (Wildman–Crippen LogP) is 1.87. The predicted molar refractivity (Wildman–Crippen MR) is 127 cm³/mol. The zero-order valence-corrected chi connectivity index (χ0v) is 19.4. The van der Waals surface area contributed by atoms with Crippen LogP contribution in [0.25, 0.3) is 0 Å². The number of hydrogen-bond acceptors (Lipinski definition) is 5. The summed E-state index contributed by atoms with van der Waals surface area (Å²) in [5.74, 6) is 2.67. The van der Waals surface area contributed by atoms with Crippen LogP contribution >= 0.6 is 0 Å². The topological polar surface area (TPSA) is 81.9 Å². The highest BCUT2D eigenvalue weighted by atomic mass is 16.2. The fourth-order valence-corrected chi connectivity index (χ4v) is 4.20. The molecule has 4 heterocycles. The van der Waals surface area contributed by atoms with E-state index >= 15 is 0 Å². The van der Waals surface area contributed by atoms with E-state index in [1.807, 2.05) is 31.3 Å². The van der Waals surface area contributed by atoms with Crippen molar-refractivity contribution in [1.82, 2.24) is 25.0 Å². The zero-order valence-electron chi connectivity index (χ0n) is 19.4. The summed E-state index contributed by atoms with van der Waals surface area (Å²) in [7, 11) is 1.86. The van der Waals surface area contributed by atoms with Crippen LogP contribution in [0, 0.1) is 5.92 Å². The number of aromatic nitrogens is 3. The first kappa shape index (κ1) is 22.1. The summed E-state index contributed by atoms with van der Waals surface area (Å²) < 4.78 is 1.71. The van der Waals surface area contributed by atoms with E-state index in [1.54, 1.807) is 15.8 Å². The van der Waals surface area contributed by atoms with Crippen molar-refractivity contribution in [3.63, 3.8) is 0 Å². The monoisotopic (exact) mass is 438 g/mol. The van der Waals surface area contributed by atoms with Crippen LogP contribution in [0.3, 0.4) is 0 Å². The smallest absolute Gasteiger partial charge is 0.246 e. The molecular weight excluding hydrogens is 404 g/mol. The van der Waals surface area contributed by atoms with E-state index in [1.165, 1.54) is 12.8 Å². The van der Waals surface area contributed by atoms with Crippen molar-refractivity contribution in [3.05, 3.63) is 36.3 Å². The van der Waals surface area contributed by atoms with Crippen LogP contribution in [0.1, 0.15) is 32.3 Å². The Hall–Kier alpha value is -3.10. The summed E-state index contributed by atoms with van der Waals surface area (Å²) in [5.41, 5.74) is 1.91. The van der Waals surface area contributed by atoms with Gasteiger partial charge in [0.05, 0.1) is 18.4 Å². The van der Waals surface area contributed by atoms with Crippen molar-refractivity contribution in [2.24, 2.45) is 18.0 Å². The van der Waals surface area contributed by atoms with E-state index in [9.17, 15) is 4.79 Å². The van der Waals surface area contributed by atoms with Crippen LogP contribution in [-0.2, 0) is 18.4 Å². The largest absolute Gasteiger partial charge is 0.357 e. The molecule has 4 rings (SSSR count). The number of carbonyl (C=O) groups excluding carboxylic acids is 1. The van der Waals surface area contributed by atoms with Gasteiger partial charge in [-0.15, -0.1) is 0 Å². The maximum atomic E-state index is 12.8. The first-order valence-corrected chi connectivity index (χ1v) is 11.6. The molecule has 2 aliphatic heterocycles. The first-order chi connectivity index (χ1) is 15.5. The molecule has 2 aromatic rings. The lowest BCUT2D eigenvalue weighted by molar-refractivity contribution is -0.120. The minimum Gasteiger partial charge on any atom is -0.357 e. The third-order valence-electron chi connectivity index (χ3n) is 6.19. The number of hydrogen-bond donors (Lipinski definition) is 1. The third-order valence-corrected chi connectivity index (χ3v) is 6.19. The van der Waals surface area contributed by atoms with Gasteiger partial charge in [-0.3, -0.25) is 9.48 Å². The number of piperidine rings is 1. The fraction of sp³-hybridized carbons (Fsp3) is 0.565. The molecule has 0 atom stereocenters. The van der Waals surface area contributed by atoms with Crippen molar-refractivity contribution < 1.29 is 4.79 Å². The summed E-state index contributed by atoms with van der Waals surface area (Å²) in [6, 6.07) is 4.21. The number of carbonyl (C=O) groups is 1. The highest BCUT2D eigenvalue weighted by molar-refractivity contribution is 5.98. The summed E-state index contributed by atoms with van der Waals surface area (Å²) in [6.45, 7) is 9.43. The van der Waals surface area contributed by atoms with Crippen LogP contribution in [0.4, 0.5) is 11.5 Å². The molecule has 2 fully saturated rings. The molecule has 0 aromatic carbocycles. The maximum Gasteiger partial charge on any atom is 0.246 e.